The van der Waals surface area contributed by atoms with Gasteiger partial charge in [-0.15, -0.1) is 0 Å². The van der Waals surface area contributed by atoms with E-state index in [9.17, 15) is 9.59 Å². The summed E-state index contributed by atoms with van der Waals surface area (Å²) in [7, 11) is 1.99. The third-order valence-corrected chi connectivity index (χ3v) is 6.65. The number of carbonyl (C=O) groups excluding carboxylic acids is 2. The molecule has 0 aromatic carbocycles. The first-order valence-electron chi connectivity index (χ1n) is 9.63. The Bertz CT molecular complexity index is 719. The SMILES string of the molecule is Cc1cc(C(=O)N2CC[C@@]3(CCCN(CC4CC4)C3=O)C2)c(C)n1C. The van der Waals surface area contributed by atoms with Gasteiger partial charge >= 0.3 is 0 Å². The highest BCUT2D eigenvalue weighted by Gasteiger charge is 2.50. The van der Waals surface area contributed by atoms with Gasteiger partial charge in [0.05, 0.1) is 11.0 Å². The average molecular weight is 343 g/mol. The molecule has 5 heteroatoms. The van der Waals surface area contributed by atoms with E-state index in [1.807, 2.05) is 31.9 Å². The van der Waals surface area contributed by atoms with Crippen molar-refractivity contribution in [2.45, 2.75) is 46.0 Å². The van der Waals surface area contributed by atoms with Crippen LogP contribution in [0, 0.1) is 25.2 Å². The Balaban J connectivity index is 1.50. The number of piperidine rings is 1. The number of nitrogens with zero attached hydrogens (tertiary/aromatic N) is 3. The molecule has 1 atom stereocenters. The molecule has 0 radical (unpaired) electrons. The minimum absolute atomic E-state index is 0.0881. The maximum absolute atomic E-state index is 13.1. The minimum Gasteiger partial charge on any atom is -0.351 e. The molecule has 3 heterocycles. The van der Waals surface area contributed by atoms with E-state index in [1.54, 1.807) is 0 Å². The molecule has 1 aliphatic carbocycles. The maximum Gasteiger partial charge on any atom is 0.255 e. The fourth-order valence-corrected chi connectivity index (χ4v) is 4.61. The van der Waals surface area contributed by atoms with Crippen molar-refractivity contribution in [2.24, 2.45) is 18.4 Å². The van der Waals surface area contributed by atoms with Crippen LogP contribution >= 0.6 is 0 Å². The van der Waals surface area contributed by atoms with Gasteiger partial charge in [0.1, 0.15) is 0 Å². The number of carbonyl (C=O) groups is 2. The Hall–Kier alpha value is -1.78. The van der Waals surface area contributed by atoms with Crippen molar-refractivity contribution in [1.82, 2.24) is 14.4 Å². The van der Waals surface area contributed by atoms with Crippen LogP contribution in [0.1, 0.15) is 53.8 Å². The predicted octanol–water partition coefficient (Wildman–Crippen LogP) is 2.51. The predicted molar refractivity (Wildman–Crippen MR) is 96.4 cm³/mol. The third kappa shape index (κ3) is 2.77. The van der Waals surface area contributed by atoms with Crippen LogP contribution in [0.3, 0.4) is 0 Å². The number of hydrogen-bond acceptors (Lipinski definition) is 2. The Morgan fingerprint density at radius 3 is 2.64 bits per heavy atom. The second-order valence-electron chi connectivity index (χ2n) is 8.40. The molecule has 2 amide bonds. The minimum atomic E-state index is -0.319. The Morgan fingerprint density at radius 1 is 1.24 bits per heavy atom. The van der Waals surface area contributed by atoms with Crippen LogP contribution in [0.4, 0.5) is 0 Å². The molecule has 1 spiro atoms. The van der Waals surface area contributed by atoms with Crippen LogP contribution in [-0.2, 0) is 11.8 Å². The van der Waals surface area contributed by atoms with Gasteiger partial charge in [0, 0.05) is 44.6 Å². The van der Waals surface area contributed by atoms with E-state index < -0.39 is 0 Å². The molecule has 2 aliphatic heterocycles. The summed E-state index contributed by atoms with van der Waals surface area (Å²) in [4.78, 5) is 30.2. The standard InChI is InChI=1S/C20H29N3O2/c1-14-11-17(15(2)21(14)3)18(24)23-10-8-20(13-23)7-4-9-22(19(20)25)12-16-5-6-16/h11,16H,4-10,12-13H2,1-3H3/t20-/m0/s1. The molecule has 136 valence electrons. The van der Waals surface area contributed by atoms with Gasteiger partial charge in [0.25, 0.3) is 5.91 Å². The lowest BCUT2D eigenvalue weighted by Crippen LogP contribution is -2.51. The summed E-state index contributed by atoms with van der Waals surface area (Å²) in [5.41, 5.74) is 2.57. The first-order valence-corrected chi connectivity index (χ1v) is 9.63. The van der Waals surface area contributed by atoms with E-state index in [0.717, 1.165) is 55.2 Å². The van der Waals surface area contributed by atoms with Crippen LogP contribution in [0.2, 0.25) is 0 Å². The quantitative estimate of drug-likeness (QED) is 0.846. The molecule has 1 saturated carbocycles. The first-order chi connectivity index (χ1) is 11.9. The number of likely N-dealkylation sites (tertiary alicyclic amines) is 2. The van der Waals surface area contributed by atoms with Crippen molar-refractivity contribution in [3.63, 3.8) is 0 Å². The molecule has 25 heavy (non-hydrogen) atoms. The van der Waals surface area contributed by atoms with Crippen LogP contribution in [0.15, 0.2) is 6.07 Å². The Labute approximate surface area is 150 Å². The largest absolute Gasteiger partial charge is 0.351 e. The smallest absolute Gasteiger partial charge is 0.255 e. The topological polar surface area (TPSA) is 45.6 Å². The van der Waals surface area contributed by atoms with Crippen molar-refractivity contribution in [2.75, 3.05) is 26.2 Å². The van der Waals surface area contributed by atoms with Crippen LogP contribution < -0.4 is 0 Å². The van der Waals surface area contributed by atoms with Gasteiger partial charge in [0.2, 0.25) is 5.91 Å². The molecular weight excluding hydrogens is 314 g/mol. The van der Waals surface area contributed by atoms with Crippen molar-refractivity contribution in [3.8, 4) is 0 Å². The second-order valence-corrected chi connectivity index (χ2v) is 8.40. The van der Waals surface area contributed by atoms with E-state index >= 15 is 0 Å². The lowest BCUT2D eigenvalue weighted by Gasteiger charge is -2.39. The molecule has 0 unspecified atom stereocenters. The van der Waals surface area contributed by atoms with Crippen molar-refractivity contribution < 1.29 is 9.59 Å². The van der Waals surface area contributed by atoms with Gasteiger partial charge in [-0.25, -0.2) is 0 Å². The van der Waals surface area contributed by atoms with Gasteiger partial charge < -0.3 is 14.4 Å². The van der Waals surface area contributed by atoms with Crippen molar-refractivity contribution in [3.05, 3.63) is 23.0 Å². The monoisotopic (exact) mass is 343 g/mol. The number of hydrogen-bond donors (Lipinski definition) is 0. The van der Waals surface area contributed by atoms with Gasteiger partial charge in [-0.3, -0.25) is 9.59 Å². The summed E-state index contributed by atoms with van der Waals surface area (Å²) >= 11 is 0. The molecular formula is C20H29N3O2. The van der Waals surface area contributed by atoms with Gasteiger partial charge in [0.15, 0.2) is 0 Å². The lowest BCUT2D eigenvalue weighted by atomic mass is 9.78. The van der Waals surface area contributed by atoms with Crippen LogP contribution in [-0.4, -0.2) is 52.4 Å². The summed E-state index contributed by atoms with van der Waals surface area (Å²) in [5, 5.41) is 0. The highest BCUT2D eigenvalue weighted by Crippen LogP contribution is 2.42. The number of rotatable bonds is 3. The first kappa shape index (κ1) is 16.7. The zero-order valence-electron chi connectivity index (χ0n) is 15.7. The highest BCUT2D eigenvalue weighted by atomic mass is 16.2. The molecule has 2 saturated heterocycles. The van der Waals surface area contributed by atoms with E-state index in [4.69, 9.17) is 0 Å². The van der Waals surface area contributed by atoms with E-state index in [-0.39, 0.29) is 11.3 Å². The van der Waals surface area contributed by atoms with Crippen LogP contribution in [0.5, 0.6) is 0 Å². The lowest BCUT2D eigenvalue weighted by molar-refractivity contribution is -0.145. The third-order valence-electron chi connectivity index (χ3n) is 6.65. The Kier molecular flexibility index (Phi) is 3.93. The number of aryl methyl sites for hydroxylation is 1. The summed E-state index contributed by atoms with van der Waals surface area (Å²) in [6, 6.07) is 1.98. The second kappa shape index (κ2) is 5.89. The highest BCUT2D eigenvalue weighted by molar-refractivity contribution is 5.97. The zero-order chi connectivity index (χ0) is 17.8. The van der Waals surface area contributed by atoms with Crippen molar-refractivity contribution >= 4 is 11.8 Å². The average Bonchev–Trinajstić information content (AvgIpc) is 3.26. The summed E-state index contributed by atoms with van der Waals surface area (Å²) in [6.07, 6.45) is 5.37. The number of aromatic nitrogens is 1. The van der Waals surface area contributed by atoms with Crippen LogP contribution in [0.25, 0.3) is 0 Å². The molecule has 3 aliphatic rings. The summed E-state index contributed by atoms with van der Waals surface area (Å²) in [6.45, 7) is 7.16. The van der Waals surface area contributed by atoms with Gasteiger partial charge in [-0.2, -0.15) is 0 Å². The molecule has 3 fully saturated rings. The molecule has 4 rings (SSSR count). The van der Waals surface area contributed by atoms with E-state index in [0.29, 0.717) is 19.0 Å². The normalized spacial score (nSPS) is 26.8. The number of amides is 2. The molecule has 0 N–H and O–H groups in total. The maximum atomic E-state index is 13.1. The molecule has 5 nitrogen and oxygen atoms in total. The fraction of sp³-hybridized carbons (Fsp3) is 0.700. The molecule has 1 aromatic heterocycles. The zero-order valence-corrected chi connectivity index (χ0v) is 15.7. The van der Waals surface area contributed by atoms with Gasteiger partial charge in [-0.05, 0) is 57.9 Å². The summed E-state index contributed by atoms with van der Waals surface area (Å²) in [5.74, 6) is 1.13. The Morgan fingerprint density at radius 2 is 2.00 bits per heavy atom. The molecule has 1 aromatic rings. The summed E-state index contributed by atoms with van der Waals surface area (Å²) < 4.78 is 2.06. The fourth-order valence-electron chi connectivity index (χ4n) is 4.61. The van der Waals surface area contributed by atoms with Gasteiger partial charge in [-0.1, -0.05) is 0 Å². The van der Waals surface area contributed by atoms with E-state index in [2.05, 4.69) is 9.47 Å². The molecule has 0 bridgehead atoms. The van der Waals surface area contributed by atoms with E-state index in [1.165, 1.54) is 12.8 Å². The van der Waals surface area contributed by atoms with Crippen molar-refractivity contribution in [1.29, 1.82) is 0 Å².